The van der Waals surface area contributed by atoms with Gasteiger partial charge >= 0.3 is 12.2 Å². The molecule has 7 nitrogen and oxygen atoms in total. The van der Waals surface area contributed by atoms with Gasteiger partial charge in [-0.3, -0.25) is 4.79 Å². The van der Waals surface area contributed by atoms with Gasteiger partial charge in [0.2, 0.25) is 5.91 Å². The number of halogens is 3. The van der Waals surface area contributed by atoms with Crippen molar-refractivity contribution in [1.82, 2.24) is 9.80 Å². The zero-order chi connectivity index (χ0) is 29.1. The molecule has 0 bridgehead atoms. The number of methoxy groups -OCH3 is 2. The van der Waals surface area contributed by atoms with E-state index in [1.807, 2.05) is 42.6 Å². The van der Waals surface area contributed by atoms with E-state index in [2.05, 4.69) is 5.32 Å². The van der Waals surface area contributed by atoms with Gasteiger partial charge in [0.1, 0.15) is 6.54 Å². The first kappa shape index (κ1) is 30.8. The molecule has 0 atom stereocenters. The van der Waals surface area contributed by atoms with Crippen LogP contribution in [0.3, 0.4) is 0 Å². The van der Waals surface area contributed by atoms with E-state index in [9.17, 15) is 22.8 Å². The third kappa shape index (κ3) is 8.90. The summed E-state index contributed by atoms with van der Waals surface area (Å²) in [6, 6.07) is 13.2. The molecule has 0 unspecified atom stereocenters. The van der Waals surface area contributed by atoms with Gasteiger partial charge in [0.05, 0.1) is 26.3 Å². The lowest BCUT2D eigenvalue weighted by molar-refractivity contribution is -0.137. The van der Waals surface area contributed by atoms with Crippen molar-refractivity contribution in [3.8, 4) is 11.5 Å². The van der Waals surface area contributed by atoms with Crippen LogP contribution in [0, 0.1) is 0 Å². The number of hydrogen-bond acceptors (Lipinski definition) is 5. The second kappa shape index (κ2) is 14.6. The average Bonchev–Trinajstić information content (AvgIpc) is 3.45. The number of carbonyl (C=O) groups excluding carboxylic acids is 2. The molecule has 0 aliphatic carbocycles. The third-order valence-corrected chi connectivity index (χ3v) is 7.10. The van der Waals surface area contributed by atoms with Crippen molar-refractivity contribution >= 4 is 29.0 Å². The fourth-order valence-corrected chi connectivity index (χ4v) is 4.74. The van der Waals surface area contributed by atoms with Gasteiger partial charge in [0.25, 0.3) is 0 Å². The van der Waals surface area contributed by atoms with Crippen LogP contribution in [-0.4, -0.2) is 55.6 Å². The molecule has 3 aromatic rings. The Morgan fingerprint density at radius 1 is 0.950 bits per heavy atom. The van der Waals surface area contributed by atoms with Gasteiger partial charge in [-0.1, -0.05) is 31.5 Å². The van der Waals surface area contributed by atoms with Gasteiger partial charge in [0.15, 0.2) is 11.5 Å². The minimum absolute atomic E-state index is 0.0117. The Balaban J connectivity index is 1.75. The van der Waals surface area contributed by atoms with Crippen molar-refractivity contribution in [1.29, 1.82) is 0 Å². The summed E-state index contributed by atoms with van der Waals surface area (Å²) in [5, 5.41) is 4.46. The van der Waals surface area contributed by atoms with Crippen molar-refractivity contribution < 1.29 is 32.2 Å². The van der Waals surface area contributed by atoms with Gasteiger partial charge < -0.3 is 24.6 Å². The van der Waals surface area contributed by atoms with Crippen molar-refractivity contribution in [3.63, 3.8) is 0 Å². The lowest BCUT2D eigenvalue weighted by atomic mass is 10.1. The molecule has 11 heteroatoms. The van der Waals surface area contributed by atoms with Crippen LogP contribution in [0.1, 0.15) is 35.8 Å². The summed E-state index contributed by atoms with van der Waals surface area (Å²) in [6.07, 6.45) is -2.57. The molecule has 0 spiro atoms. The van der Waals surface area contributed by atoms with Crippen LogP contribution in [0.15, 0.2) is 60.0 Å². The lowest BCUT2D eigenvalue weighted by Gasteiger charge is -2.28. The molecule has 3 rings (SSSR count). The Morgan fingerprint density at radius 3 is 2.38 bits per heavy atom. The van der Waals surface area contributed by atoms with E-state index in [4.69, 9.17) is 9.47 Å². The molecule has 0 fully saturated rings. The summed E-state index contributed by atoms with van der Waals surface area (Å²) in [4.78, 5) is 30.7. The number of anilines is 1. The van der Waals surface area contributed by atoms with Crippen LogP contribution in [-0.2, 0) is 23.9 Å². The van der Waals surface area contributed by atoms with E-state index < -0.39 is 17.8 Å². The Labute approximate surface area is 236 Å². The maximum absolute atomic E-state index is 13.5. The Hall–Kier alpha value is -3.73. The highest BCUT2D eigenvalue weighted by atomic mass is 32.1. The monoisotopic (exact) mass is 577 g/mol. The van der Waals surface area contributed by atoms with Crippen LogP contribution < -0.4 is 14.8 Å². The molecule has 1 aromatic heterocycles. The van der Waals surface area contributed by atoms with Gasteiger partial charge in [-0.05, 0) is 60.2 Å². The van der Waals surface area contributed by atoms with E-state index in [1.54, 1.807) is 19.1 Å². The number of carbonyl (C=O) groups is 2. The van der Waals surface area contributed by atoms with Crippen molar-refractivity contribution in [2.45, 2.75) is 38.9 Å². The second-order valence-corrected chi connectivity index (χ2v) is 10.2. The van der Waals surface area contributed by atoms with E-state index >= 15 is 0 Å². The van der Waals surface area contributed by atoms with Gasteiger partial charge in [-0.2, -0.15) is 13.2 Å². The molecular formula is C29H34F3N3O4S. The number of urea groups is 1. The van der Waals surface area contributed by atoms with Gasteiger partial charge in [-0.25, -0.2) is 4.79 Å². The molecule has 1 N–H and O–H groups in total. The van der Waals surface area contributed by atoms with Crippen LogP contribution >= 0.6 is 11.3 Å². The molecule has 1 heterocycles. The Bertz CT molecular complexity index is 1250. The van der Waals surface area contributed by atoms with Crippen LogP contribution in [0.5, 0.6) is 11.5 Å². The smallest absolute Gasteiger partial charge is 0.416 e. The molecule has 0 saturated carbocycles. The number of ether oxygens (including phenoxy) is 2. The largest absolute Gasteiger partial charge is 0.493 e. The van der Waals surface area contributed by atoms with Gasteiger partial charge in [0, 0.05) is 23.7 Å². The summed E-state index contributed by atoms with van der Waals surface area (Å²) in [5.41, 5.74) is 0.100. The highest BCUT2D eigenvalue weighted by Gasteiger charge is 2.31. The Morgan fingerprint density at radius 2 is 1.73 bits per heavy atom. The summed E-state index contributed by atoms with van der Waals surface area (Å²) in [5.74, 6) is 0.938. The van der Waals surface area contributed by atoms with Gasteiger partial charge in [-0.15, -0.1) is 11.3 Å². The highest BCUT2D eigenvalue weighted by Crippen LogP contribution is 2.31. The quantitative estimate of drug-likeness (QED) is 0.246. The molecule has 2 aromatic carbocycles. The summed E-state index contributed by atoms with van der Waals surface area (Å²) in [6.45, 7) is 2.80. The van der Waals surface area contributed by atoms with Crippen molar-refractivity contribution in [2.75, 3.05) is 39.2 Å². The highest BCUT2D eigenvalue weighted by molar-refractivity contribution is 7.09. The normalized spacial score (nSPS) is 11.2. The maximum Gasteiger partial charge on any atom is 0.416 e. The molecule has 3 amide bonds. The van der Waals surface area contributed by atoms with Crippen molar-refractivity contribution in [2.24, 2.45) is 0 Å². The number of hydrogen-bond donors (Lipinski definition) is 1. The van der Waals surface area contributed by atoms with E-state index in [0.29, 0.717) is 37.4 Å². The third-order valence-electron chi connectivity index (χ3n) is 6.23. The van der Waals surface area contributed by atoms with Crippen molar-refractivity contribution in [3.05, 3.63) is 76.0 Å². The van der Waals surface area contributed by atoms with Crippen LogP contribution in [0.4, 0.5) is 23.7 Å². The fraction of sp³-hybridized carbons (Fsp3) is 0.379. The number of thiophene rings is 1. The number of nitrogens with one attached hydrogen (secondary N) is 1. The van der Waals surface area contributed by atoms with Crippen LogP contribution in [0.25, 0.3) is 0 Å². The molecule has 40 heavy (non-hydrogen) atoms. The van der Waals surface area contributed by atoms with E-state index in [0.717, 1.165) is 29.0 Å². The molecule has 0 aliphatic rings. The van der Waals surface area contributed by atoms with E-state index in [-0.39, 0.29) is 24.7 Å². The van der Waals surface area contributed by atoms with E-state index in [1.165, 1.54) is 28.4 Å². The lowest BCUT2D eigenvalue weighted by Crippen LogP contribution is -2.45. The number of amides is 3. The molecule has 0 radical (unpaired) electrons. The fourth-order valence-electron chi connectivity index (χ4n) is 4.02. The average molecular weight is 578 g/mol. The second-order valence-electron chi connectivity index (χ2n) is 9.12. The first-order valence-corrected chi connectivity index (χ1v) is 13.8. The number of alkyl halides is 3. The molecule has 216 valence electrons. The molecular weight excluding hydrogens is 543 g/mol. The van der Waals surface area contributed by atoms with Crippen LogP contribution in [0.2, 0.25) is 0 Å². The summed E-state index contributed by atoms with van der Waals surface area (Å²) >= 11 is 1.53. The Kier molecular flexibility index (Phi) is 11.2. The number of rotatable bonds is 13. The molecule has 0 saturated heterocycles. The minimum Gasteiger partial charge on any atom is -0.493 e. The zero-order valence-corrected chi connectivity index (χ0v) is 23.6. The number of unbranched alkanes of at least 4 members (excludes halogenated alkanes) is 1. The maximum atomic E-state index is 13.5. The minimum atomic E-state index is -4.53. The summed E-state index contributed by atoms with van der Waals surface area (Å²) < 4.78 is 50.1. The standard InChI is InChI=1S/C29H34F3N3O4S/c1-4-5-14-35(28(37)33-23-9-6-8-22(18-23)29(30,31)32)20-27(36)34(19-24-10-7-16-40-24)15-13-21-11-12-25(38-2)26(17-21)39-3/h6-12,16-18H,4-5,13-15,19-20H2,1-3H3,(H,33,37). The number of benzene rings is 2. The SMILES string of the molecule is CCCCN(CC(=O)N(CCc1ccc(OC)c(OC)c1)Cc1cccs1)C(=O)Nc1cccc(C(F)(F)F)c1. The predicted octanol–water partition coefficient (Wildman–Crippen LogP) is 6.69. The number of nitrogens with zero attached hydrogens (tertiary/aromatic N) is 2. The first-order chi connectivity index (χ1) is 19.1. The topological polar surface area (TPSA) is 71.1 Å². The predicted molar refractivity (Wildman–Crippen MR) is 150 cm³/mol. The summed E-state index contributed by atoms with van der Waals surface area (Å²) in [7, 11) is 3.12. The zero-order valence-electron chi connectivity index (χ0n) is 22.8. The first-order valence-electron chi connectivity index (χ1n) is 12.9. The molecule has 0 aliphatic heterocycles.